The summed E-state index contributed by atoms with van der Waals surface area (Å²) >= 11 is 5.01. The van der Waals surface area contributed by atoms with Gasteiger partial charge in [-0.15, -0.1) is 0 Å². The van der Waals surface area contributed by atoms with Crippen molar-refractivity contribution in [3.05, 3.63) is 23.0 Å². The molecule has 12 heavy (non-hydrogen) atoms. The van der Waals surface area contributed by atoms with Gasteiger partial charge in [0.2, 0.25) is 0 Å². The van der Waals surface area contributed by atoms with Crippen molar-refractivity contribution >= 4 is 56.8 Å². The van der Waals surface area contributed by atoms with E-state index in [4.69, 9.17) is 0 Å². The van der Waals surface area contributed by atoms with Crippen LogP contribution >= 0.6 is 56.8 Å². The van der Waals surface area contributed by atoms with Gasteiger partial charge in [-0.3, -0.25) is 0 Å². The molecule has 4 heteroatoms. The highest BCUT2D eigenvalue weighted by Gasteiger charge is 1.99. The van der Waals surface area contributed by atoms with E-state index in [-0.39, 0.29) is 0 Å². The molecular formula is C8H16I2S2. The summed E-state index contributed by atoms with van der Waals surface area (Å²) < 4.78 is 0. The average Bonchev–Trinajstić information content (AvgIpc) is 1.76. The number of halogens is 2. The molecule has 0 spiro atoms. The third-order valence-corrected chi connectivity index (χ3v) is 4.29. The molecule has 0 aromatic carbocycles. The molecule has 0 saturated heterocycles. The zero-order chi connectivity index (χ0) is 9.83. The number of hydrogen-bond donors (Lipinski definition) is 0. The molecule has 0 atom stereocenters. The van der Waals surface area contributed by atoms with Gasteiger partial charge >= 0.3 is 0 Å². The zero-order valence-electron chi connectivity index (χ0n) is 7.88. The lowest BCUT2D eigenvalue weighted by atomic mass is 10.6. The molecule has 0 bridgehead atoms. The highest BCUT2D eigenvalue weighted by Crippen LogP contribution is 2.51. The molecule has 74 valence electrons. The van der Waals surface area contributed by atoms with E-state index in [9.17, 15) is 0 Å². The Balaban J connectivity index is 4.00. The summed E-state index contributed by atoms with van der Waals surface area (Å²) in [6.07, 6.45) is 13.5. The highest BCUT2D eigenvalue weighted by atomic mass is 127. The fourth-order valence-corrected chi connectivity index (χ4v) is 2.41. The van der Waals surface area contributed by atoms with Crippen molar-refractivity contribution in [3.8, 4) is 0 Å². The standard InChI is InChI=1S/C8H16I2S2/c1-11(2,9)7-5-6-8-12(3,4)10/h5-8H,1-4H3/b7-5+,8-6+. The van der Waals surface area contributed by atoms with E-state index in [0.717, 1.165) is 0 Å². The molecule has 0 aliphatic rings. The average molecular weight is 430 g/mol. The molecule has 0 aliphatic carbocycles. The van der Waals surface area contributed by atoms with Crippen molar-refractivity contribution < 1.29 is 0 Å². The van der Waals surface area contributed by atoms with E-state index in [1.807, 2.05) is 0 Å². The minimum atomic E-state index is -0.497. The molecule has 0 unspecified atom stereocenters. The van der Waals surface area contributed by atoms with Crippen LogP contribution in [0.4, 0.5) is 0 Å². The topological polar surface area (TPSA) is 0 Å². The third kappa shape index (κ3) is 11.6. The molecule has 0 nitrogen and oxygen atoms in total. The van der Waals surface area contributed by atoms with E-state index >= 15 is 0 Å². The molecule has 0 amide bonds. The van der Waals surface area contributed by atoms with Crippen LogP contribution in [0.15, 0.2) is 23.0 Å². The van der Waals surface area contributed by atoms with Gasteiger partial charge in [-0.1, -0.05) is 12.2 Å². The van der Waals surface area contributed by atoms with Crippen molar-refractivity contribution in [1.82, 2.24) is 0 Å². The molecule has 0 aliphatic heterocycles. The first-order valence-corrected chi connectivity index (χ1v) is 13.5. The Bertz CT molecular complexity index is 162. The first-order chi connectivity index (χ1) is 5.21. The van der Waals surface area contributed by atoms with Crippen molar-refractivity contribution in [2.75, 3.05) is 25.0 Å². The molecule has 0 heterocycles. The number of hydrogen-bond acceptors (Lipinski definition) is 0. The molecule has 0 N–H and O–H groups in total. The normalized spacial score (nSPS) is 17.5. The Morgan fingerprint density at radius 2 is 1.00 bits per heavy atom. The Morgan fingerprint density at radius 3 is 1.17 bits per heavy atom. The van der Waals surface area contributed by atoms with Gasteiger partial charge in [-0.25, -0.2) is 0 Å². The lowest BCUT2D eigenvalue weighted by Crippen LogP contribution is -1.75. The van der Waals surface area contributed by atoms with E-state index in [1.54, 1.807) is 0 Å². The second-order valence-electron chi connectivity index (χ2n) is 3.21. The monoisotopic (exact) mass is 430 g/mol. The quantitative estimate of drug-likeness (QED) is 0.444. The summed E-state index contributed by atoms with van der Waals surface area (Å²) in [5.74, 6) is 0. The van der Waals surface area contributed by atoms with E-state index in [0.29, 0.717) is 0 Å². The van der Waals surface area contributed by atoms with Gasteiger partial charge in [0.25, 0.3) is 0 Å². The van der Waals surface area contributed by atoms with Crippen LogP contribution in [0.1, 0.15) is 0 Å². The van der Waals surface area contributed by atoms with Gasteiger partial charge in [0, 0.05) is 0 Å². The minimum Gasteiger partial charge on any atom is -0.173 e. The van der Waals surface area contributed by atoms with Crippen molar-refractivity contribution in [2.45, 2.75) is 0 Å². The van der Waals surface area contributed by atoms with Crippen LogP contribution in [-0.4, -0.2) is 25.0 Å². The molecule has 0 aromatic rings. The Labute approximate surface area is 103 Å². The number of allylic oxidation sites excluding steroid dienone is 2. The SMILES string of the molecule is CS(C)(I)/C=C/C=C/S(C)(C)I. The smallest absolute Gasteiger partial charge is 0.0217 e. The predicted octanol–water partition coefficient (Wildman–Crippen LogP) is 4.84. The van der Waals surface area contributed by atoms with E-state index in [1.165, 1.54) is 0 Å². The lowest BCUT2D eigenvalue weighted by molar-refractivity contribution is 2.05. The maximum Gasteiger partial charge on any atom is -0.0217 e. The number of rotatable bonds is 3. The zero-order valence-corrected chi connectivity index (χ0v) is 13.8. The van der Waals surface area contributed by atoms with Crippen LogP contribution in [0.25, 0.3) is 0 Å². The minimum absolute atomic E-state index is 0.497. The maximum atomic E-state index is 2.50. The summed E-state index contributed by atoms with van der Waals surface area (Å²) in [5.41, 5.74) is 0. The maximum absolute atomic E-state index is 2.50. The van der Waals surface area contributed by atoms with Crippen LogP contribution in [0, 0.1) is 0 Å². The van der Waals surface area contributed by atoms with Gasteiger partial charge in [0.05, 0.1) is 0 Å². The Morgan fingerprint density at radius 1 is 0.750 bits per heavy atom. The third-order valence-electron chi connectivity index (χ3n) is 0.915. The summed E-state index contributed by atoms with van der Waals surface area (Å²) in [7, 11) is -0.994. The predicted molar refractivity (Wildman–Crippen MR) is 85.2 cm³/mol. The summed E-state index contributed by atoms with van der Waals surface area (Å²) in [5, 5.41) is 4.60. The van der Waals surface area contributed by atoms with Gasteiger partial charge < -0.3 is 0 Å². The van der Waals surface area contributed by atoms with E-state index in [2.05, 4.69) is 90.4 Å². The largest absolute Gasteiger partial charge is 0.173 e. The van der Waals surface area contributed by atoms with Crippen molar-refractivity contribution in [1.29, 1.82) is 0 Å². The second kappa shape index (κ2) is 5.50. The lowest BCUT2D eigenvalue weighted by Gasteiger charge is -2.17. The van der Waals surface area contributed by atoms with Crippen LogP contribution in [0.3, 0.4) is 0 Å². The second-order valence-corrected chi connectivity index (χ2v) is 22.5. The van der Waals surface area contributed by atoms with Crippen LogP contribution in [0.5, 0.6) is 0 Å². The summed E-state index contributed by atoms with van der Waals surface area (Å²) in [6.45, 7) is 0. The van der Waals surface area contributed by atoms with Crippen molar-refractivity contribution in [2.24, 2.45) is 0 Å². The van der Waals surface area contributed by atoms with E-state index < -0.39 is 14.4 Å². The Kier molecular flexibility index (Phi) is 6.26. The van der Waals surface area contributed by atoms with Crippen LogP contribution < -0.4 is 0 Å². The van der Waals surface area contributed by atoms with Gasteiger partial charge in [-0.05, 0) is 78.3 Å². The van der Waals surface area contributed by atoms with Crippen LogP contribution in [-0.2, 0) is 0 Å². The molecule has 0 aromatic heterocycles. The van der Waals surface area contributed by atoms with Gasteiger partial charge in [0.15, 0.2) is 0 Å². The van der Waals surface area contributed by atoms with Gasteiger partial charge in [0.1, 0.15) is 0 Å². The highest BCUT2D eigenvalue weighted by molar-refractivity contribution is 14.2. The summed E-state index contributed by atoms with van der Waals surface area (Å²) in [4.78, 5) is 0. The fourth-order valence-electron chi connectivity index (χ4n) is 0.464. The van der Waals surface area contributed by atoms with Crippen LogP contribution in [0.2, 0.25) is 0 Å². The molecular weight excluding hydrogens is 414 g/mol. The molecule has 0 fully saturated rings. The molecule has 0 saturated carbocycles. The van der Waals surface area contributed by atoms with Crippen molar-refractivity contribution in [3.63, 3.8) is 0 Å². The Hall–Kier alpha value is 1.64. The van der Waals surface area contributed by atoms with Gasteiger partial charge in [-0.2, -0.15) is 14.4 Å². The first kappa shape index (κ1) is 13.6. The fraction of sp³-hybridized carbons (Fsp3) is 0.500. The first-order valence-electron chi connectivity index (χ1n) is 3.41. The summed E-state index contributed by atoms with van der Waals surface area (Å²) in [6, 6.07) is 0. The molecule has 0 rings (SSSR count). The molecule has 0 radical (unpaired) electrons.